The van der Waals surface area contributed by atoms with Gasteiger partial charge in [0.25, 0.3) is 5.91 Å². The van der Waals surface area contributed by atoms with Gasteiger partial charge in [0.05, 0.1) is 5.92 Å². The zero-order valence-electron chi connectivity index (χ0n) is 17.7. The molecule has 2 unspecified atom stereocenters. The first-order valence-electron chi connectivity index (χ1n) is 10.8. The Balaban J connectivity index is 1.49. The minimum absolute atomic E-state index is 0.0478. The van der Waals surface area contributed by atoms with Gasteiger partial charge in [-0.25, -0.2) is 0 Å². The SMILES string of the molecule is Cc1cc(C)cc(C(=O)N2CCCC(C(=O)NCCN3CCCC(C)C3)C2)c1. The minimum Gasteiger partial charge on any atom is -0.355 e. The molecule has 2 amide bonds. The van der Waals surface area contributed by atoms with Gasteiger partial charge in [-0.1, -0.05) is 24.1 Å². The maximum absolute atomic E-state index is 12.9. The second-order valence-electron chi connectivity index (χ2n) is 8.81. The molecule has 2 heterocycles. The standard InChI is InChI=1S/C23H35N3O2/c1-17-6-4-9-25(15-17)11-8-24-22(27)20-7-5-10-26(16-20)23(28)21-13-18(2)12-19(3)14-21/h12-14,17,20H,4-11,15-16H2,1-3H3,(H,24,27). The van der Waals surface area contributed by atoms with Gasteiger partial charge in [0.2, 0.25) is 5.91 Å². The van der Waals surface area contributed by atoms with Crippen LogP contribution in [0.15, 0.2) is 18.2 Å². The maximum atomic E-state index is 12.9. The van der Waals surface area contributed by atoms with Crippen LogP contribution >= 0.6 is 0 Å². The molecule has 1 aromatic rings. The Morgan fingerprint density at radius 3 is 2.46 bits per heavy atom. The highest BCUT2D eigenvalue weighted by Gasteiger charge is 2.29. The summed E-state index contributed by atoms with van der Waals surface area (Å²) in [7, 11) is 0. The molecule has 0 saturated carbocycles. The van der Waals surface area contributed by atoms with Crippen molar-refractivity contribution in [2.45, 2.75) is 46.5 Å². The van der Waals surface area contributed by atoms with Crippen LogP contribution < -0.4 is 5.32 Å². The van der Waals surface area contributed by atoms with Gasteiger partial charge in [0.15, 0.2) is 0 Å². The molecular formula is C23H35N3O2. The molecule has 2 aliphatic rings. The molecule has 2 saturated heterocycles. The lowest BCUT2D eigenvalue weighted by molar-refractivity contribution is -0.126. The first-order valence-corrected chi connectivity index (χ1v) is 10.8. The van der Waals surface area contributed by atoms with Crippen molar-refractivity contribution in [1.29, 1.82) is 0 Å². The van der Waals surface area contributed by atoms with Crippen LogP contribution in [0.3, 0.4) is 0 Å². The van der Waals surface area contributed by atoms with Crippen molar-refractivity contribution in [3.63, 3.8) is 0 Å². The Labute approximate surface area is 169 Å². The van der Waals surface area contributed by atoms with Crippen LogP contribution in [0.2, 0.25) is 0 Å². The van der Waals surface area contributed by atoms with Crippen LogP contribution in [0.4, 0.5) is 0 Å². The topological polar surface area (TPSA) is 52.7 Å². The highest BCUT2D eigenvalue weighted by molar-refractivity contribution is 5.95. The number of amides is 2. The van der Waals surface area contributed by atoms with Gasteiger partial charge < -0.3 is 15.1 Å². The number of carbonyl (C=O) groups is 2. The summed E-state index contributed by atoms with van der Waals surface area (Å²) in [6, 6.07) is 5.96. The van der Waals surface area contributed by atoms with Crippen LogP contribution in [0.5, 0.6) is 0 Å². The predicted octanol–water partition coefficient (Wildman–Crippen LogP) is 3.00. The second-order valence-corrected chi connectivity index (χ2v) is 8.81. The summed E-state index contributed by atoms with van der Waals surface area (Å²) in [5.74, 6) is 0.811. The zero-order chi connectivity index (χ0) is 20.1. The Kier molecular flexibility index (Phi) is 7.11. The average molecular weight is 386 g/mol. The third-order valence-corrected chi connectivity index (χ3v) is 6.02. The highest BCUT2D eigenvalue weighted by Crippen LogP contribution is 2.20. The Morgan fingerprint density at radius 1 is 1.04 bits per heavy atom. The number of nitrogens with one attached hydrogen (secondary N) is 1. The first-order chi connectivity index (χ1) is 13.4. The van der Waals surface area contributed by atoms with E-state index in [2.05, 4.69) is 23.2 Å². The molecule has 5 nitrogen and oxygen atoms in total. The number of piperidine rings is 2. The number of benzene rings is 1. The number of aryl methyl sites for hydroxylation is 2. The van der Waals surface area contributed by atoms with Crippen LogP contribution in [-0.2, 0) is 4.79 Å². The summed E-state index contributed by atoms with van der Waals surface area (Å²) in [5.41, 5.74) is 2.93. The molecule has 0 spiro atoms. The molecule has 154 valence electrons. The number of rotatable bonds is 5. The van der Waals surface area contributed by atoms with Gasteiger partial charge in [0.1, 0.15) is 0 Å². The van der Waals surface area contributed by atoms with E-state index in [-0.39, 0.29) is 17.7 Å². The van der Waals surface area contributed by atoms with E-state index in [0.717, 1.165) is 61.6 Å². The lowest BCUT2D eigenvalue weighted by Gasteiger charge is -2.33. The smallest absolute Gasteiger partial charge is 0.253 e. The van der Waals surface area contributed by atoms with E-state index in [1.165, 1.54) is 12.8 Å². The lowest BCUT2D eigenvalue weighted by Crippen LogP contribution is -2.47. The number of carbonyl (C=O) groups excluding carboxylic acids is 2. The molecule has 5 heteroatoms. The first kappa shape index (κ1) is 20.8. The fourth-order valence-corrected chi connectivity index (χ4v) is 4.63. The number of hydrogen-bond acceptors (Lipinski definition) is 3. The zero-order valence-corrected chi connectivity index (χ0v) is 17.7. The maximum Gasteiger partial charge on any atom is 0.253 e. The number of nitrogens with zero attached hydrogens (tertiary/aromatic N) is 2. The fourth-order valence-electron chi connectivity index (χ4n) is 4.63. The van der Waals surface area contributed by atoms with Crippen LogP contribution in [-0.4, -0.2) is 60.9 Å². The molecule has 2 fully saturated rings. The molecule has 2 atom stereocenters. The van der Waals surface area contributed by atoms with E-state index >= 15 is 0 Å². The fraction of sp³-hybridized carbons (Fsp3) is 0.652. The van der Waals surface area contributed by atoms with Crippen LogP contribution in [0.1, 0.15) is 54.1 Å². The van der Waals surface area contributed by atoms with Crippen molar-refractivity contribution in [3.8, 4) is 0 Å². The second kappa shape index (κ2) is 9.55. The average Bonchev–Trinajstić information content (AvgIpc) is 2.67. The molecular weight excluding hydrogens is 350 g/mol. The summed E-state index contributed by atoms with van der Waals surface area (Å²) in [5, 5.41) is 3.11. The van der Waals surface area contributed by atoms with E-state index in [9.17, 15) is 9.59 Å². The molecule has 3 rings (SSSR count). The van der Waals surface area contributed by atoms with Gasteiger partial charge in [-0.2, -0.15) is 0 Å². The summed E-state index contributed by atoms with van der Waals surface area (Å²) < 4.78 is 0. The van der Waals surface area contributed by atoms with Crippen molar-refractivity contribution in [3.05, 3.63) is 34.9 Å². The van der Waals surface area contributed by atoms with Crippen LogP contribution in [0, 0.1) is 25.7 Å². The summed E-state index contributed by atoms with van der Waals surface area (Å²) in [4.78, 5) is 29.9. The molecule has 0 aromatic heterocycles. The summed E-state index contributed by atoms with van der Waals surface area (Å²) in [6.45, 7) is 11.5. The van der Waals surface area contributed by atoms with Crippen molar-refractivity contribution in [1.82, 2.24) is 15.1 Å². The largest absolute Gasteiger partial charge is 0.355 e. The van der Waals surface area contributed by atoms with Gasteiger partial charge >= 0.3 is 0 Å². The Hall–Kier alpha value is -1.88. The molecule has 1 aromatic carbocycles. The molecule has 0 radical (unpaired) electrons. The van der Waals surface area contributed by atoms with Crippen LogP contribution in [0.25, 0.3) is 0 Å². The lowest BCUT2D eigenvalue weighted by atomic mass is 9.96. The van der Waals surface area contributed by atoms with Gasteiger partial charge in [0, 0.05) is 38.3 Å². The molecule has 0 aliphatic carbocycles. The summed E-state index contributed by atoms with van der Waals surface area (Å²) in [6.07, 6.45) is 4.32. The third-order valence-electron chi connectivity index (χ3n) is 6.02. The third kappa shape index (κ3) is 5.57. The van der Waals surface area contributed by atoms with E-state index < -0.39 is 0 Å². The van der Waals surface area contributed by atoms with Gasteiger partial charge in [-0.05, 0) is 64.1 Å². The van der Waals surface area contributed by atoms with Crippen molar-refractivity contribution in [2.24, 2.45) is 11.8 Å². The molecule has 0 bridgehead atoms. The van der Waals surface area contributed by atoms with E-state index in [0.29, 0.717) is 13.1 Å². The number of hydrogen-bond donors (Lipinski definition) is 1. The van der Waals surface area contributed by atoms with E-state index in [1.807, 2.05) is 30.9 Å². The molecule has 1 N–H and O–H groups in total. The summed E-state index contributed by atoms with van der Waals surface area (Å²) >= 11 is 0. The van der Waals surface area contributed by atoms with Gasteiger partial charge in [-0.3, -0.25) is 9.59 Å². The quantitative estimate of drug-likeness (QED) is 0.848. The number of likely N-dealkylation sites (tertiary alicyclic amines) is 2. The van der Waals surface area contributed by atoms with Crippen molar-refractivity contribution >= 4 is 11.8 Å². The Morgan fingerprint density at radius 2 is 1.75 bits per heavy atom. The van der Waals surface area contributed by atoms with Crippen molar-refractivity contribution < 1.29 is 9.59 Å². The van der Waals surface area contributed by atoms with Crippen molar-refractivity contribution in [2.75, 3.05) is 39.3 Å². The minimum atomic E-state index is -0.0936. The normalized spacial score (nSPS) is 23.5. The van der Waals surface area contributed by atoms with E-state index in [1.54, 1.807) is 0 Å². The molecule has 28 heavy (non-hydrogen) atoms. The molecule has 2 aliphatic heterocycles. The van der Waals surface area contributed by atoms with E-state index in [4.69, 9.17) is 0 Å². The predicted molar refractivity (Wildman–Crippen MR) is 112 cm³/mol. The highest BCUT2D eigenvalue weighted by atomic mass is 16.2. The van der Waals surface area contributed by atoms with Gasteiger partial charge in [-0.15, -0.1) is 0 Å². The monoisotopic (exact) mass is 385 g/mol. The Bertz CT molecular complexity index is 683.